The van der Waals surface area contributed by atoms with Crippen molar-refractivity contribution in [2.24, 2.45) is 63.4 Å². The van der Waals surface area contributed by atoms with Crippen LogP contribution in [0, 0.1) is 40.4 Å². The molecule has 0 aliphatic rings. The highest BCUT2D eigenvalue weighted by molar-refractivity contribution is 5.77. The second kappa shape index (κ2) is 98.8. The number of esters is 8. The van der Waals surface area contributed by atoms with Crippen LogP contribution < -0.4 is 22.9 Å². The van der Waals surface area contributed by atoms with Crippen molar-refractivity contribution in [1.29, 1.82) is 0 Å². The van der Waals surface area contributed by atoms with E-state index in [0.717, 1.165) is 0 Å². The Balaban J connectivity index is -0.0000000457. The molecule has 8 N–H and O–H groups in total. The fourth-order valence-electron chi connectivity index (χ4n) is 2.49. The van der Waals surface area contributed by atoms with Gasteiger partial charge in [0.1, 0.15) is 24.2 Å². The minimum absolute atomic E-state index is 0.00463. The van der Waals surface area contributed by atoms with Gasteiger partial charge in [0, 0.05) is 0 Å². The van der Waals surface area contributed by atoms with Crippen molar-refractivity contribution in [2.45, 2.75) is 304 Å². The average Bonchev–Trinajstić information content (AvgIpc) is 3.44. The van der Waals surface area contributed by atoms with Crippen molar-refractivity contribution in [3.05, 3.63) is 0 Å². The molecule has 544 valence electrons. The molecule has 4 atom stereocenters. The third-order valence-corrected chi connectivity index (χ3v) is 7.09. The number of nitrogens with two attached hydrogens (primary N) is 4. The molecule has 0 radical (unpaired) electrons. The van der Waals surface area contributed by atoms with Crippen LogP contribution in [0.4, 0.5) is 0 Å². The lowest BCUT2D eigenvalue weighted by molar-refractivity contribution is -0.150. The minimum atomic E-state index is -0.495. The topological polar surface area (TPSA) is 314 Å². The molecule has 20 nitrogen and oxygen atoms in total. The van der Waals surface area contributed by atoms with Crippen molar-refractivity contribution < 1.29 is 76.3 Å². The van der Waals surface area contributed by atoms with E-state index in [4.69, 9.17) is 22.9 Å². The summed E-state index contributed by atoms with van der Waals surface area (Å²) >= 11 is 0. The highest BCUT2D eigenvalue weighted by Gasteiger charge is 2.22. The quantitative estimate of drug-likeness (QED) is 0.123. The lowest BCUT2D eigenvalue weighted by atomic mass is 9.98. The van der Waals surface area contributed by atoms with Gasteiger partial charge in [-0.15, -0.1) is 0 Å². The van der Waals surface area contributed by atoms with Crippen LogP contribution in [0.2, 0.25) is 0 Å². The molecule has 0 aromatic carbocycles. The molecule has 0 fully saturated rings. The fourth-order valence-corrected chi connectivity index (χ4v) is 2.49. The smallest absolute Gasteiger partial charge is 0.322 e. The summed E-state index contributed by atoms with van der Waals surface area (Å²) in [5.74, 6) is -1.59. The van der Waals surface area contributed by atoms with Gasteiger partial charge in [-0.3, -0.25) is 38.4 Å². The Morgan fingerprint density at radius 3 is 0.398 bits per heavy atom. The molecule has 0 aliphatic carbocycles. The molecule has 0 amide bonds. The molecule has 0 rings (SSSR count). The highest BCUT2D eigenvalue weighted by atomic mass is 16.5. The summed E-state index contributed by atoms with van der Waals surface area (Å²) in [6, 6.07) is -1.93. The van der Waals surface area contributed by atoms with Crippen LogP contribution in [0.15, 0.2) is 0 Å². The number of rotatable bonds is 9. The van der Waals surface area contributed by atoms with Crippen molar-refractivity contribution in [1.82, 2.24) is 0 Å². The van der Waals surface area contributed by atoms with E-state index in [1.54, 1.807) is 34.6 Å². The first-order chi connectivity index (χ1) is 40.1. The van der Waals surface area contributed by atoms with Crippen LogP contribution in [0.5, 0.6) is 0 Å². The molecule has 0 spiro atoms. The van der Waals surface area contributed by atoms with E-state index in [0.29, 0.717) is 0 Å². The Morgan fingerprint density at radius 1 is 0.261 bits per heavy atom. The van der Waals surface area contributed by atoms with Crippen LogP contribution in [0.1, 0.15) is 280 Å². The van der Waals surface area contributed by atoms with Gasteiger partial charge in [0.25, 0.3) is 0 Å². The number of carbonyl (C=O) groups is 8. The van der Waals surface area contributed by atoms with Gasteiger partial charge >= 0.3 is 47.8 Å². The van der Waals surface area contributed by atoms with Crippen molar-refractivity contribution in [3.63, 3.8) is 0 Å². The van der Waals surface area contributed by atoms with Crippen molar-refractivity contribution >= 4 is 47.8 Å². The zero-order valence-corrected chi connectivity index (χ0v) is 65.7. The van der Waals surface area contributed by atoms with Crippen LogP contribution in [-0.2, 0) is 76.3 Å². The number of carbonyl (C=O) groups excluding carboxylic acids is 8. The zero-order chi connectivity index (χ0) is 75.1. The molecule has 0 aromatic rings. The number of hydrogen-bond acceptors (Lipinski definition) is 20. The molecule has 20 heteroatoms. The van der Waals surface area contributed by atoms with Crippen molar-refractivity contribution in [2.75, 3.05) is 56.9 Å². The number of ether oxygens (including phenoxy) is 8. The maximum atomic E-state index is 10.6. The Bertz CT molecular complexity index is 1240. The van der Waals surface area contributed by atoms with Gasteiger partial charge in [-0.05, 0) is 66.2 Å². The summed E-state index contributed by atoms with van der Waals surface area (Å²) in [6.45, 7) is 64.9. The van der Waals surface area contributed by atoms with Gasteiger partial charge in [-0.25, -0.2) is 0 Å². The summed E-state index contributed by atoms with van der Waals surface area (Å²) < 4.78 is 35.2. The van der Waals surface area contributed by atoms with Crippen LogP contribution >= 0.6 is 0 Å². The summed E-state index contributed by atoms with van der Waals surface area (Å²) in [4.78, 5) is 83.8. The molecular formula is C68H156N4O16. The zero-order valence-electron chi connectivity index (χ0n) is 65.7. The third kappa shape index (κ3) is 149. The Morgan fingerprint density at radius 2 is 0.386 bits per heavy atom. The average molecular weight is 1290 g/mol. The molecule has 0 aliphatic heterocycles. The van der Waals surface area contributed by atoms with E-state index in [-0.39, 0.29) is 88.2 Å². The largest absolute Gasteiger partial charge is 0.469 e. The Labute approximate surface area is 546 Å². The maximum Gasteiger partial charge on any atom is 0.322 e. The standard InChI is InChI=1S/3C6H13NO2.2C6H12O2.2C5H10O2.C4H9NO2.8C3H8/c3*1-4(2)5(7)6(8)9-3;2*1-6(2,3)5(7)8-4;2*1-4(2)5(6)7-3;1-3(5)4(6)7-2;8*1-3-2/h3*4-5H,7H2,1-3H3;2*1-4H3;2*4H,1-3H3;3H,5H2,1-2H3;8*3H2,1-2H3/t2*5-;;;;;;3-;;;;;;;;/m10.....1......../s1. The second-order valence-corrected chi connectivity index (χ2v) is 22.7. The fraction of sp³-hybridized carbons (Fsp3) is 0.882. The SMILES string of the molecule is CCC.CCC.CCC.CCC.CCC.CCC.CCC.CCC.COC(=O)C(C)(C)C.COC(=O)C(C)(C)C.COC(=O)C(C)C.COC(=O)C(C)C.COC(=O)C(N)C(C)C.COC(=O)[C@@H](C)N.COC(=O)[C@@H](N)C(C)C.COC(=O)[C@H](N)C(C)C. The molecule has 0 heterocycles. The third-order valence-electron chi connectivity index (χ3n) is 7.09. The van der Waals surface area contributed by atoms with Crippen LogP contribution in [0.3, 0.4) is 0 Å². The monoisotopic (exact) mass is 1290 g/mol. The lowest BCUT2D eigenvalue weighted by Gasteiger charge is -2.13. The molecule has 0 aromatic heterocycles. The Hall–Kier alpha value is -4.40. The molecule has 1 unspecified atom stereocenters. The van der Waals surface area contributed by atoms with Gasteiger partial charge in [-0.1, -0.05) is 231 Å². The van der Waals surface area contributed by atoms with Gasteiger partial charge in [-0.2, -0.15) is 0 Å². The highest BCUT2D eigenvalue weighted by Crippen LogP contribution is 2.14. The van der Waals surface area contributed by atoms with E-state index in [9.17, 15) is 38.4 Å². The predicted octanol–water partition coefficient (Wildman–Crippen LogP) is 15.3. The molecule has 0 saturated heterocycles. The predicted molar refractivity (Wildman–Crippen MR) is 375 cm³/mol. The summed E-state index contributed by atoms with van der Waals surface area (Å²) in [5.41, 5.74) is 20.6. The summed E-state index contributed by atoms with van der Waals surface area (Å²) in [5, 5.41) is 0. The van der Waals surface area contributed by atoms with E-state index in [1.807, 2.05) is 83.1 Å². The Kier molecular flexibility index (Phi) is 140. The summed E-state index contributed by atoms with van der Waals surface area (Å²) in [6.07, 6.45) is 10.0. The number of methoxy groups -OCH3 is 8. The van der Waals surface area contributed by atoms with Gasteiger partial charge < -0.3 is 60.8 Å². The van der Waals surface area contributed by atoms with Crippen molar-refractivity contribution in [3.8, 4) is 0 Å². The van der Waals surface area contributed by atoms with Gasteiger partial charge in [0.2, 0.25) is 0 Å². The second-order valence-electron chi connectivity index (χ2n) is 22.7. The van der Waals surface area contributed by atoms with E-state index < -0.39 is 24.2 Å². The van der Waals surface area contributed by atoms with E-state index in [1.165, 1.54) is 108 Å². The van der Waals surface area contributed by atoms with Gasteiger partial charge in [0.15, 0.2) is 0 Å². The minimum Gasteiger partial charge on any atom is -0.469 e. The maximum absolute atomic E-state index is 10.6. The van der Waals surface area contributed by atoms with E-state index >= 15 is 0 Å². The van der Waals surface area contributed by atoms with Crippen LogP contribution in [0.25, 0.3) is 0 Å². The molecular weight excluding hydrogens is 1130 g/mol. The molecule has 88 heavy (non-hydrogen) atoms. The summed E-state index contributed by atoms with van der Waals surface area (Å²) in [7, 11) is 10.9. The van der Waals surface area contributed by atoms with E-state index in [2.05, 4.69) is 149 Å². The van der Waals surface area contributed by atoms with Crippen LogP contribution in [-0.4, -0.2) is 129 Å². The molecule has 0 saturated carbocycles. The first-order valence-electron chi connectivity index (χ1n) is 31.8. The lowest BCUT2D eigenvalue weighted by Crippen LogP contribution is -2.36. The first kappa shape index (κ1) is 125. The molecule has 0 bridgehead atoms. The normalized spacial score (nSPS) is 10.2. The van der Waals surface area contributed by atoms with Gasteiger partial charge in [0.05, 0.1) is 79.5 Å². The number of hydrogen-bond donors (Lipinski definition) is 4. The first-order valence-corrected chi connectivity index (χ1v) is 31.8.